The number of aromatic nitrogens is 4. The summed E-state index contributed by atoms with van der Waals surface area (Å²) in [4.78, 5) is 25.8. The van der Waals surface area contributed by atoms with Crippen LogP contribution >= 0.6 is 0 Å². The standard InChI is InChI=1S/C36H41N5O9/c1-44-27-10-4-24(5-11-27)36(25-6-12-28(45-2)13-7-25,26-8-14-29(46-3)15-9-26)50-48-21-31-30(43)20-32(49-31)41-23-40-33-34(38-22-39-35(33)41)37-16-18-47-19-17-42/h4-15,22-23,30-32,42-43H,16-21H2,1-3H3,(H,37,38,39)/t30-,31+,32+/m0/s1. The fourth-order valence-corrected chi connectivity index (χ4v) is 5.95. The predicted octanol–water partition coefficient (Wildman–Crippen LogP) is 3.86. The van der Waals surface area contributed by atoms with E-state index >= 15 is 0 Å². The Labute approximate surface area is 289 Å². The van der Waals surface area contributed by atoms with Crippen molar-refractivity contribution in [1.29, 1.82) is 0 Å². The number of aliphatic hydroxyl groups is 2. The van der Waals surface area contributed by atoms with Crippen LogP contribution in [0.2, 0.25) is 0 Å². The normalized spacial score (nSPS) is 17.6. The third-order valence-corrected chi connectivity index (χ3v) is 8.55. The SMILES string of the molecule is COc1ccc(C(OOC[C@H]2O[C@@H](n3cnc4c(NCCOCCO)ncnc43)C[C@@H]2O)(c2ccc(OC)cc2)c2ccc(OC)cc2)cc1. The second-order valence-corrected chi connectivity index (χ2v) is 11.5. The summed E-state index contributed by atoms with van der Waals surface area (Å²) in [5, 5.41) is 23.2. The molecule has 14 nitrogen and oxygen atoms in total. The molecular weight excluding hydrogens is 646 g/mol. The van der Waals surface area contributed by atoms with Crippen LogP contribution in [0, 0.1) is 0 Å². The second kappa shape index (κ2) is 16.3. The molecule has 0 bridgehead atoms. The van der Waals surface area contributed by atoms with Gasteiger partial charge in [-0.25, -0.2) is 24.7 Å². The molecule has 50 heavy (non-hydrogen) atoms. The quantitative estimate of drug-likeness (QED) is 0.0560. The number of hydrogen-bond acceptors (Lipinski definition) is 13. The minimum atomic E-state index is -1.25. The Morgan fingerprint density at radius 2 is 1.40 bits per heavy atom. The first kappa shape index (κ1) is 35.0. The van der Waals surface area contributed by atoms with E-state index in [1.807, 2.05) is 72.8 Å². The maximum atomic E-state index is 11.1. The molecule has 1 saturated heterocycles. The van der Waals surface area contributed by atoms with E-state index < -0.39 is 24.0 Å². The number of rotatable bonds is 17. The Morgan fingerprint density at radius 3 is 1.94 bits per heavy atom. The van der Waals surface area contributed by atoms with Crippen molar-refractivity contribution < 1.29 is 43.7 Å². The molecule has 3 heterocycles. The maximum absolute atomic E-state index is 11.1. The minimum Gasteiger partial charge on any atom is -0.497 e. The van der Waals surface area contributed by atoms with Crippen molar-refractivity contribution in [1.82, 2.24) is 19.5 Å². The van der Waals surface area contributed by atoms with Crippen molar-refractivity contribution in [2.24, 2.45) is 0 Å². The van der Waals surface area contributed by atoms with E-state index in [0.717, 1.165) is 16.7 Å². The van der Waals surface area contributed by atoms with Crippen LogP contribution in [0.3, 0.4) is 0 Å². The highest BCUT2D eigenvalue weighted by Gasteiger charge is 2.42. The summed E-state index contributed by atoms with van der Waals surface area (Å²) in [6.45, 7) is 1.01. The Bertz CT molecular complexity index is 1690. The Hall–Kier alpha value is -4.83. The van der Waals surface area contributed by atoms with Gasteiger partial charge in [0.2, 0.25) is 0 Å². The Morgan fingerprint density at radius 1 is 0.820 bits per heavy atom. The van der Waals surface area contributed by atoms with Gasteiger partial charge in [0.25, 0.3) is 0 Å². The van der Waals surface area contributed by atoms with Crippen molar-refractivity contribution in [2.75, 3.05) is 59.6 Å². The highest BCUT2D eigenvalue weighted by atomic mass is 17.2. The molecule has 1 aliphatic rings. The predicted molar refractivity (Wildman–Crippen MR) is 182 cm³/mol. The summed E-state index contributed by atoms with van der Waals surface area (Å²) < 4.78 is 29.7. The number of methoxy groups -OCH3 is 3. The topological polar surface area (TPSA) is 161 Å². The highest BCUT2D eigenvalue weighted by Crippen LogP contribution is 2.43. The van der Waals surface area contributed by atoms with E-state index in [4.69, 9.17) is 38.6 Å². The average molecular weight is 688 g/mol. The van der Waals surface area contributed by atoms with Crippen molar-refractivity contribution in [3.8, 4) is 17.2 Å². The summed E-state index contributed by atoms with van der Waals surface area (Å²) in [7, 11) is 4.84. The van der Waals surface area contributed by atoms with Gasteiger partial charge in [-0.15, -0.1) is 0 Å². The number of benzene rings is 3. The summed E-state index contributed by atoms with van der Waals surface area (Å²) in [6.07, 6.45) is 1.19. The van der Waals surface area contributed by atoms with Crippen LogP contribution in [0.5, 0.6) is 17.2 Å². The molecule has 0 aliphatic carbocycles. The van der Waals surface area contributed by atoms with E-state index in [2.05, 4.69) is 20.3 Å². The van der Waals surface area contributed by atoms with Crippen LogP contribution in [0.4, 0.5) is 5.82 Å². The highest BCUT2D eigenvalue weighted by molar-refractivity contribution is 5.82. The number of hydrogen-bond donors (Lipinski definition) is 3. The molecule has 0 spiro atoms. The van der Waals surface area contributed by atoms with Crippen LogP contribution in [-0.4, -0.2) is 96.2 Å². The monoisotopic (exact) mass is 687 g/mol. The lowest BCUT2D eigenvalue weighted by Gasteiger charge is -2.34. The summed E-state index contributed by atoms with van der Waals surface area (Å²) >= 11 is 0. The Kier molecular flexibility index (Phi) is 11.4. The number of ether oxygens (including phenoxy) is 5. The van der Waals surface area contributed by atoms with Gasteiger partial charge in [-0.1, -0.05) is 36.4 Å². The molecule has 3 aromatic carbocycles. The zero-order valence-electron chi connectivity index (χ0n) is 28.1. The zero-order valence-corrected chi connectivity index (χ0v) is 28.1. The van der Waals surface area contributed by atoms with Gasteiger partial charge in [-0.05, 0) is 53.1 Å². The molecule has 14 heteroatoms. The lowest BCUT2D eigenvalue weighted by molar-refractivity contribution is -0.355. The molecule has 3 atom stereocenters. The molecule has 1 aliphatic heterocycles. The number of nitrogens with one attached hydrogen (secondary N) is 1. The van der Waals surface area contributed by atoms with Gasteiger partial charge in [0.15, 0.2) is 22.6 Å². The Balaban J connectivity index is 1.24. The number of aliphatic hydroxyl groups excluding tert-OH is 2. The van der Waals surface area contributed by atoms with Gasteiger partial charge >= 0.3 is 0 Å². The van der Waals surface area contributed by atoms with Crippen LogP contribution in [0.1, 0.15) is 29.3 Å². The van der Waals surface area contributed by atoms with Crippen LogP contribution < -0.4 is 19.5 Å². The molecule has 0 amide bonds. The molecule has 0 unspecified atom stereocenters. The summed E-state index contributed by atoms with van der Waals surface area (Å²) in [6, 6.07) is 22.7. The van der Waals surface area contributed by atoms with E-state index in [1.54, 1.807) is 32.2 Å². The molecule has 0 saturated carbocycles. The molecule has 6 rings (SSSR count). The van der Waals surface area contributed by atoms with Crippen molar-refractivity contribution in [2.45, 2.75) is 30.5 Å². The minimum absolute atomic E-state index is 0.0392. The van der Waals surface area contributed by atoms with E-state index in [0.29, 0.717) is 47.4 Å². The lowest BCUT2D eigenvalue weighted by atomic mass is 9.80. The number of imidazole rings is 1. The molecule has 2 aromatic heterocycles. The third-order valence-electron chi connectivity index (χ3n) is 8.55. The van der Waals surface area contributed by atoms with Gasteiger partial charge in [-0.2, -0.15) is 0 Å². The molecule has 3 N–H and O–H groups in total. The first-order valence-corrected chi connectivity index (χ1v) is 16.2. The van der Waals surface area contributed by atoms with Gasteiger partial charge in [0.1, 0.15) is 42.5 Å². The number of nitrogens with zero attached hydrogens (tertiary/aromatic N) is 4. The fraction of sp³-hybridized carbons (Fsp3) is 0.361. The fourth-order valence-electron chi connectivity index (χ4n) is 5.95. The number of fused-ring (bicyclic) bond motifs is 1. The maximum Gasteiger partial charge on any atom is 0.178 e. The molecule has 5 aromatic rings. The third kappa shape index (κ3) is 7.35. The van der Waals surface area contributed by atoms with E-state index in [-0.39, 0.29) is 26.2 Å². The number of anilines is 1. The van der Waals surface area contributed by atoms with Gasteiger partial charge in [-0.3, -0.25) is 4.57 Å². The summed E-state index contributed by atoms with van der Waals surface area (Å²) in [5.41, 5.74) is 2.16. The largest absolute Gasteiger partial charge is 0.497 e. The molecule has 0 radical (unpaired) electrons. The van der Waals surface area contributed by atoms with Crippen molar-refractivity contribution >= 4 is 17.0 Å². The van der Waals surface area contributed by atoms with Gasteiger partial charge in [0.05, 0.1) is 53.6 Å². The molecule has 1 fully saturated rings. The van der Waals surface area contributed by atoms with Crippen molar-refractivity contribution in [3.63, 3.8) is 0 Å². The van der Waals surface area contributed by atoms with E-state index in [9.17, 15) is 5.11 Å². The molecule has 264 valence electrons. The second-order valence-electron chi connectivity index (χ2n) is 11.5. The average Bonchev–Trinajstić information content (AvgIpc) is 3.77. The first-order valence-electron chi connectivity index (χ1n) is 16.2. The van der Waals surface area contributed by atoms with Gasteiger partial charge in [0, 0.05) is 13.0 Å². The molecular formula is C36H41N5O9. The van der Waals surface area contributed by atoms with Crippen molar-refractivity contribution in [3.05, 3.63) is 102 Å². The smallest absolute Gasteiger partial charge is 0.178 e. The van der Waals surface area contributed by atoms with Gasteiger partial charge < -0.3 is 39.2 Å². The van der Waals surface area contributed by atoms with Crippen LogP contribution in [-0.2, 0) is 24.8 Å². The zero-order chi connectivity index (χ0) is 34.9. The van der Waals surface area contributed by atoms with Crippen LogP contribution in [0.15, 0.2) is 85.5 Å². The lowest BCUT2D eigenvalue weighted by Crippen LogP contribution is -2.35. The van der Waals surface area contributed by atoms with E-state index in [1.165, 1.54) is 6.33 Å². The first-order chi connectivity index (χ1) is 24.5. The summed E-state index contributed by atoms with van der Waals surface area (Å²) in [5.74, 6) is 2.61. The van der Waals surface area contributed by atoms with Crippen LogP contribution in [0.25, 0.3) is 11.2 Å².